The second kappa shape index (κ2) is 4.26. The van der Waals surface area contributed by atoms with Crippen molar-refractivity contribution in [3.8, 4) is 0 Å². The van der Waals surface area contributed by atoms with E-state index in [9.17, 15) is 9.59 Å². The van der Waals surface area contributed by atoms with Gasteiger partial charge in [-0.1, -0.05) is 6.07 Å². The molecule has 0 radical (unpaired) electrons. The number of fused-ring (bicyclic) bond motifs is 1. The number of hydrogen-bond acceptors (Lipinski definition) is 5. The summed E-state index contributed by atoms with van der Waals surface area (Å²) in [6, 6.07) is 3.54. The largest absolute Gasteiger partial charge is 0.424 e. The molecule has 1 aliphatic rings. The number of rotatable bonds is 2. The van der Waals surface area contributed by atoms with Gasteiger partial charge >= 0.3 is 0 Å². The minimum atomic E-state index is -0.551. The molecule has 102 valence electrons. The average molecular weight is 271 g/mol. The topological polar surface area (TPSA) is 76.3 Å². The first-order valence-corrected chi connectivity index (χ1v) is 6.24. The highest BCUT2D eigenvalue weighted by Crippen LogP contribution is 2.34. The van der Waals surface area contributed by atoms with Crippen molar-refractivity contribution < 1.29 is 14.0 Å². The Morgan fingerprint density at radius 3 is 2.55 bits per heavy atom. The molecule has 0 saturated heterocycles. The van der Waals surface area contributed by atoms with Crippen molar-refractivity contribution in [1.82, 2.24) is 10.2 Å². The molecule has 6 nitrogen and oxygen atoms in total. The number of nitrogens with zero attached hydrogens (tertiary/aromatic N) is 3. The van der Waals surface area contributed by atoms with Crippen LogP contribution in [0.2, 0.25) is 0 Å². The quantitative estimate of drug-likeness (QED) is 0.777. The molecule has 20 heavy (non-hydrogen) atoms. The number of carbonyl (C=O) groups is 2. The molecule has 0 atom stereocenters. The van der Waals surface area contributed by atoms with E-state index in [-0.39, 0.29) is 6.54 Å². The fourth-order valence-electron chi connectivity index (χ4n) is 2.36. The number of aromatic nitrogens is 2. The number of carbonyl (C=O) groups excluding carboxylic acids is 2. The van der Waals surface area contributed by atoms with Gasteiger partial charge in [-0.05, 0) is 31.0 Å². The molecule has 3 rings (SSSR count). The third-order valence-electron chi connectivity index (χ3n) is 3.52. The Kier molecular flexibility index (Phi) is 2.67. The summed E-state index contributed by atoms with van der Waals surface area (Å²) in [4.78, 5) is 25.5. The van der Waals surface area contributed by atoms with Gasteiger partial charge in [0, 0.05) is 6.92 Å². The highest BCUT2D eigenvalue weighted by atomic mass is 16.4. The summed E-state index contributed by atoms with van der Waals surface area (Å²) in [5, 5.41) is 7.60. The predicted molar refractivity (Wildman–Crippen MR) is 70.5 cm³/mol. The Bertz CT molecular complexity index is 733. The van der Waals surface area contributed by atoms with Crippen LogP contribution in [0.1, 0.15) is 33.3 Å². The van der Waals surface area contributed by atoms with Crippen molar-refractivity contribution in [3.63, 3.8) is 0 Å². The van der Waals surface area contributed by atoms with Crippen LogP contribution in [0.3, 0.4) is 0 Å². The molecular weight excluding hydrogens is 258 g/mol. The van der Waals surface area contributed by atoms with Gasteiger partial charge in [0.05, 0.1) is 11.3 Å². The average Bonchev–Trinajstić information content (AvgIpc) is 2.92. The standard InChI is InChI=1S/C14H13N3O3/c1-7-4-5-10-12(8(7)2)17(14(19)13(10)18)6-11-16-15-9(3)20-11/h4-5H,6H2,1-3H3. The van der Waals surface area contributed by atoms with Gasteiger partial charge in [0.15, 0.2) is 0 Å². The number of benzene rings is 1. The minimum absolute atomic E-state index is 0.114. The number of anilines is 1. The van der Waals surface area contributed by atoms with Crippen LogP contribution in [0.25, 0.3) is 0 Å². The normalized spacial score (nSPS) is 14.1. The van der Waals surface area contributed by atoms with E-state index in [0.717, 1.165) is 11.1 Å². The van der Waals surface area contributed by atoms with Gasteiger partial charge in [-0.15, -0.1) is 10.2 Å². The Labute approximate surface area is 115 Å². The Hall–Kier alpha value is -2.50. The molecule has 1 aromatic heterocycles. The van der Waals surface area contributed by atoms with Gasteiger partial charge in [-0.25, -0.2) is 0 Å². The van der Waals surface area contributed by atoms with Gasteiger partial charge in [0.1, 0.15) is 6.54 Å². The lowest BCUT2D eigenvalue weighted by molar-refractivity contribution is -0.114. The first-order valence-electron chi connectivity index (χ1n) is 6.24. The van der Waals surface area contributed by atoms with Crippen molar-refractivity contribution in [2.45, 2.75) is 27.3 Å². The third kappa shape index (κ3) is 1.72. The fraction of sp³-hybridized carbons (Fsp3) is 0.286. The lowest BCUT2D eigenvalue weighted by atomic mass is 10.0. The first-order chi connectivity index (χ1) is 9.49. The van der Waals surface area contributed by atoms with Crippen molar-refractivity contribution in [1.29, 1.82) is 0 Å². The van der Waals surface area contributed by atoms with Crippen LogP contribution in [0.4, 0.5) is 5.69 Å². The molecule has 0 aliphatic carbocycles. The van der Waals surface area contributed by atoms with Crippen molar-refractivity contribution in [3.05, 3.63) is 40.6 Å². The summed E-state index contributed by atoms with van der Waals surface area (Å²) in [7, 11) is 0. The van der Waals surface area contributed by atoms with Crippen LogP contribution < -0.4 is 4.90 Å². The Morgan fingerprint density at radius 2 is 1.90 bits per heavy atom. The van der Waals surface area contributed by atoms with Crippen LogP contribution >= 0.6 is 0 Å². The van der Waals surface area contributed by atoms with E-state index in [2.05, 4.69) is 10.2 Å². The minimum Gasteiger partial charge on any atom is -0.424 e. The number of ketones is 1. The van der Waals surface area contributed by atoms with Crippen molar-refractivity contribution in [2.24, 2.45) is 0 Å². The van der Waals surface area contributed by atoms with E-state index < -0.39 is 11.7 Å². The van der Waals surface area contributed by atoms with Crippen LogP contribution in [0.15, 0.2) is 16.5 Å². The molecule has 2 heterocycles. The maximum atomic E-state index is 12.1. The Balaban J connectivity index is 2.07. The zero-order valence-electron chi connectivity index (χ0n) is 11.4. The highest BCUT2D eigenvalue weighted by Gasteiger charge is 2.38. The van der Waals surface area contributed by atoms with Gasteiger partial charge in [0.2, 0.25) is 11.8 Å². The van der Waals surface area contributed by atoms with E-state index in [0.29, 0.717) is 23.0 Å². The highest BCUT2D eigenvalue weighted by molar-refractivity contribution is 6.52. The molecule has 1 aromatic carbocycles. The van der Waals surface area contributed by atoms with E-state index in [1.807, 2.05) is 19.9 Å². The SMILES string of the molecule is Cc1nnc(CN2C(=O)C(=O)c3ccc(C)c(C)c32)o1. The monoisotopic (exact) mass is 271 g/mol. The molecule has 0 unspecified atom stereocenters. The summed E-state index contributed by atoms with van der Waals surface area (Å²) >= 11 is 0. The second-order valence-electron chi connectivity index (χ2n) is 4.84. The van der Waals surface area contributed by atoms with Crippen LogP contribution in [-0.2, 0) is 11.3 Å². The van der Waals surface area contributed by atoms with Crippen molar-refractivity contribution >= 4 is 17.4 Å². The predicted octanol–water partition coefficient (Wildman–Crippen LogP) is 1.72. The van der Waals surface area contributed by atoms with E-state index >= 15 is 0 Å². The molecular formula is C14H13N3O3. The van der Waals surface area contributed by atoms with Crippen LogP contribution in [0.5, 0.6) is 0 Å². The lowest BCUT2D eigenvalue weighted by Gasteiger charge is -2.17. The molecule has 0 N–H and O–H groups in total. The zero-order valence-corrected chi connectivity index (χ0v) is 11.4. The maximum absolute atomic E-state index is 12.1. The van der Waals surface area contributed by atoms with E-state index in [1.165, 1.54) is 4.90 Å². The fourth-order valence-corrected chi connectivity index (χ4v) is 2.36. The van der Waals surface area contributed by atoms with Crippen molar-refractivity contribution in [2.75, 3.05) is 4.90 Å². The summed E-state index contributed by atoms with van der Waals surface area (Å²) < 4.78 is 5.29. The zero-order chi connectivity index (χ0) is 14.4. The smallest absolute Gasteiger partial charge is 0.299 e. The van der Waals surface area contributed by atoms with Gasteiger partial charge in [-0.3, -0.25) is 14.5 Å². The number of hydrogen-bond donors (Lipinski definition) is 0. The van der Waals surface area contributed by atoms with Gasteiger partial charge in [-0.2, -0.15) is 0 Å². The number of Topliss-reactive ketones (excluding diaryl/α,β-unsaturated/α-hetero) is 1. The summed E-state index contributed by atoms with van der Waals surface area (Å²) in [6.45, 7) is 5.63. The Morgan fingerprint density at radius 1 is 1.15 bits per heavy atom. The lowest BCUT2D eigenvalue weighted by Crippen LogP contribution is -2.29. The van der Waals surface area contributed by atoms with E-state index in [4.69, 9.17) is 4.42 Å². The van der Waals surface area contributed by atoms with E-state index in [1.54, 1.807) is 13.0 Å². The summed E-state index contributed by atoms with van der Waals surface area (Å²) in [5.41, 5.74) is 3.03. The van der Waals surface area contributed by atoms with Gasteiger partial charge < -0.3 is 4.42 Å². The molecule has 0 saturated carbocycles. The molecule has 0 bridgehead atoms. The molecule has 0 fully saturated rings. The van der Waals surface area contributed by atoms with Crippen LogP contribution in [0, 0.1) is 20.8 Å². The van der Waals surface area contributed by atoms with Gasteiger partial charge in [0.25, 0.3) is 11.7 Å². The summed E-state index contributed by atoms with van der Waals surface area (Å²) in [5.74, 6) is -0.291. The number of aryl methyl sites for hydroxylation is 2. The first kappa shape index (κ1) is 12.5. The van der Waals surface area contributed by atoms with Crippen LogP contribution in [-0.4, -0.2) is 21.9 Å². The maximum Gasteiger partial charge on any atom is 0.299 e. The molecule has 1 amide bonds. The molecule has 1 aliphatic heterocycles. The summed E-state index contributed by atoms with van der Waals surface area (Å²) in [6.07, 6.45) is 0. The third-order valence-corrected chi connectivity index (χ3v) is 3.52. The second-order valence-corrected chi connectivity index (χ2v) is 4.84. The molecule has 6 heteroatoms. The number of amides is 1. The molecule has 0 spiro atoms. The molecule has 2 aromatic rings.